The molecule has 0 radical (unpaired) electrons. The summed E-state index contributed by atoms with van der Waals surface area (Å²) in [4.78, 5) is 19.8. The lowest BCUT2D eigenvalue weighted by atomic mass is 9.93. The molecule has 4 aromatic rings. The second-order valence-electron chi connectivity index (χ2n) is 9.89. The second kappa shape index (κ2) is 11.3. The summed E-state index contributed by atoms with van der Waals surface area (Å²) in [5.41, 5.74) is 0.584. The highest BCUT2D eigenvalue weighted by atomic mass is 19.4. The Morgan fingerprint density at radius 1 is 1.15 bits per heavy atom. The molecule has 1 amide bonds. The summed E-state index contributed by atoms with van der Waals surface area (Å²) in [6.07, 6.45) is -1.51. The molecule has 5 rings (SSSR count). The molecular formula is C29H28F4N6O2. The molecule has 0 fully saturated rings. The van der Waals surface area contributed by atoms with Gasteiger partial charge < -0.3 is 15.4 Å². The van der Waals surface area contributed by atoms with E-state index in [-0.39, 0.29) is 11.1 Å². The normalized spacial score (nSPS) is 15.3. The molecule has 0 saturated heterocycles. The highest BCUT2D eigenvalue weighted by Crippen LogP contribution is 2.39. The number of likely N-dealkylation sites (N-methyl/N-ethyl adjacent to an activating group) is 1. The first-order valence-electron chi connectivity index (χ1n) is 12.8. The molecule has 1 unspecified atom stereocenters. The third-order valence-electron chi connectivity index (χ3n) is 6.89. The van der Waals surface area contributed by atoms with E-state index >= 15 is 0 Å². The van der Waals surface area contributed by atoms with Crippen molar-refractivity contribution in [3.8, 4) is 0 Å². The minimum atomic E-state index is -4.86. The molecule has 12 heteroatoms. The predicted molar refractivity (Wildman–Crippen MR) is 147 cm³/mol. The van der Waals surface area contributed by atoms with Gasteiger partial charge in [-0.05, 0) is 55.3 Å². The molecule has 2 aromatic heterocycles. The summed E-state index contributed by atoms with van der Waals surface area (Å²) in [5, 5.41) is 12.5. The first-order valence-corrected chi connectivity index (χ1v) is 12.8. The lowest BCUT2D eigenvalue weighted by Crippen LogP contribution is -2.31. The van der Waals surface area contributed by atoms with Crippen LogP contribution in [0.5, 0.6) is 0 Å². The minimum absolute atomic E-state index is 0.148. The fourth-order valence-electron chi connectivity index (χ4n) is 4.90. The molecule has 2 aromatic carbocycles. The molecule has 8 nitrogen and oxygen atoms in total. The third-order valence-corrected chi connectivity index (χ3v) is 6.89. The Kier molecular flexibility index (Phi) is 7.78. The van der Waals surface area contributed by atoms with Gasteiger partial charge in [0.2, 0.25) is 0 Å². The highest BCUT2D eigenvalue weighted by Gasteiger charge is 2.37. The Hall–Kier alpha value is -4.29. The lowest BCUT2D eigenvalue weighted by molar-refractivity contribution is -0.140. The van der Waals surface area contributed by atoms with Gasteiger partial charge in [-0.3, -0.25) is 14.7 Å². The molecule has 1 aliphatic heterocycles. The van der Waals surface area contributed by atoms with Crippen LogP contribution in [0.2, 0.25) is 0 Å². The zero-order chi connectivity index (χ0) is 29.3. The highest BCUT2D eigenvalue weighted by molar-refractivity contribution is 6.06. The van der Waals surface area contributed by atoms with Gasteiger partial charge in [-0.15, -0.1) is 0 Å². The van der Waals surface area contributed by atoms with E-state index in [0.29, 0.717) is 48.7 Å². The number of anilines is 2. The summed E-state index contributed by atoms with van der Waals surface area (Å²) < 4.78 is 61.4. The lowest BCUT2D eigenvalue weighted by Gasteiger charge is -2.30. The number of amides is 1. The second-order valence-corrected chi connectivity index (χ2v) is 9.89. The number of allylic oxidation sites excluding steroid dienone is 1. The van der Waals surface area contributed by atoms with Crippen LogP contribution in [0.15, 0.2) is 72.2 Å². The van der Waals surface area contributed by atoms with E-state index in [9.17, 15) is 22.4 Å². The average molecular weight is 569 g/mol. The van der Waals surface area contributed by atoms with Crippen LogP contribution in [0.1, 0.15) is 29.8 Å². The third kappa shape index (κ3) is 5.93. The van der Waals surface area contributed by atoms with Gasteiger partial charge in [-0.1, -0.05) is 12.1 Å². The molecule has 41 heavy (non-hydrogen) atoms. The van der Waals surface area contributed by atoms with Crippen LogP contribution in [0.4, 0.5) is 29.1 Å². The van der Waals surface area contributed by atoms with E-state index in [4.69, 9.17) is 4.74 Å². The maximum absolute atomic E-state index is 14.8. The number of hydrogen-bond acceptors (Lipinski definition) is 6. The number of aromatic nitrogens is 3. The summed E-state index contributed by atoms with van der Waals surface area (Å²) in [5.74, 6) is -1.41. The van der Waals surface area contributed by atoms with Crippen molar-refractivity contribution < 1.29 is 27.1 Å². The van der Waals surface area contributed by atoms with Gasteiger partial charge in [0.15, 0.2) is 0 Å². The van der Waals surface area contributed by atoms with Gasteiger partial charge in [0, 0.05) is 55.4 Å². The van der Waals surface area contributed by atoms with Crippen molar-refractivity contribution in [1.29, 1.82) is 0 Å². The number of fused-ring (bicyclic) bond motifs is 2. The van der Waals surface area contributed by atoms with Crippen molar-refractivity contribution >= 4 is 28.2 Å². The number of halogens is 4. The topological polar surface area (TPSA) is 84.3 Å². The van der Waals surface area contributed by atoms with Gasteiger partial charge in [-0.25, -0.2) is 9.07 Å². The van der Waals surface area contributed by atoms with Crippen LogP contribution >= 0.6 is 0 Å². The minimum Gasteiger partial charge on any atom is -0.383 e. The van der Waals surface area contributed by atoms with Crippen molar-refractivity contribution in [2.24, 2.45) is 0 Å². The number of pyridine rings is 1. The van der Waals surface area contributed by atoms with Crippen LogP contribution in [0, 0.1) is 5.82 Å². The largest absolute Gasteiger partial charge is 0.419 e. The number of hydrogen-bond donors (Lipinski definition) is 2. The Morgan fingerprint density at radius 3 is 2.68 bits per heavy atom. The van der Waals surface area contributed by atoms with Crippen LogP contribution in [0.3, 0.4) is 0 Å². The van der Waals surface area contributed by atoms with Crippen LogP contribution < -0.4 is 10.6 Å². The van der Waals surface area contributed by atoms with Crippen molar-refractivity contribution in [3.63, 3.8) is 0 Å². The van der Waals surface area contributed by atoms with E-state index < -0.39 is 29.5 Å². The van der Waals surface area contributed by atoms with Crippen molar-refractivity contribution in [2.75, 3.05) is 37.9 Å². The molecule has 0 aliphatic carbocycles. The van der Waals surface area contributed by atoms with Crippen LogP contribution in [-0.4, -0.2) is 52.9 Å². The Morgan fingerprint density at radius 2 is 1.95 bits per heavy atom. The average Bonchev–Trinajstić information content (AvgIpc) is 3.31. The number of nitrogens with one attached hydrogen (secondary N) is 2. The number of rotatable bonds is 8. The molecule has 3 heterocycles. The summed E-state index contributed by atoms with van der Waals surface area (Å²) >= 11 is 0. The zero-order valence-electron chi connectivity index (χ0n) is 22.6. The molecule has 0 bridgehead atoms. The maximum atomic E-state index is 14.8. The van der Waals surface area contributed by atoms with Gasteiger partial charge in [0.25, 0.3) is 5.91 Å². The smallest absolute Gasteiger partial charge is 0.383 e. The standard InChI is InChI=1S/C29H28F4N6O2/c1-17-26(28(40)36-21-6-4-20-15-34-9-8-18(20)12-21)27(19-5-7-23(24(30)13-19)29(31,32)33)39-25(35-17)14-22(37-39)16-38(2)10-11-41-3/h4-9,12-15,27,35H,10-11,16H2,1-3H3,(H,36,40). The number of nitrogens with zero attached hydrogens (tertiary/aromatic N) is 4. The number of ether oxygens (including phenoxy) is 1. The monoisotopic (exact) mass is 568 g/mol. The molecule has 214 valence electrons. The summed E-state index contributed by atoms with van der Waals surface area (Å²) in [6, 6.07) is 10.6. The fourth-order valence-corrected chi connectivity index (χ4v) is 4.90. The number of carbonyl (C=O) groups excluding carboxylic acids is 1. The fraction of sp³-hybridized carbons (Fsp3) is 0.276. The molecule has 0 saturated carbocycles. The Balaban J connectivity index is 1.54. The maximum Gasteiger partial charge on any atom is 0.419 e. The predicted octanol–water partition coefficient (Wildman–Crippen LogP) is 5.60. The van der Waals surface area contributed by atoms with Gasteiger partial charge in [0.1, 0.15) is 17.7 Å². The number of alkyl halides is 3. The van der Waals surface area contributed by atoms with E-state index in [1.54, 1.807) is 44.6 Å². The van der Waals surface area contributed by atoms with Crippen molar-refractivity contribution in [2.45, 2.75) is 25.7 Å². The van der Waals surface area contributed by atoms with E-state index in [2.05, 4.69) is 20.7 Å². The first kappa shape index (κ1) is 28.2. The van der Waals surface area contributed by atoms with E-state index in [1.165, 1.54) is 10.7 Å². The summed E-state index contributed by atoms with van der Waals surface area (Å²) in [7, 11) is 3.51. The van der Waals surface area contributed by atoms with E-state index in [0.717, 1.165) is 16.8 Å². The van der Waals surface area contributed by atoms with E-state index in [1.807, 2.05) is 24.1 Å². The summed E-state index contributed by atoms with van der Waals surface area (Å²) in [6.45, 7) is 3.30. The molecule has 1 aliphatic rings. The number of methoxy groups -OCH3 is 1. The Bertz CT molecular complexity index is 1630. The van der Waals surface area contributed by atoms with Crippen molar-refractivity contribution in [1.82, 2.24) is 19.7 Å². The van der Waals surface area contributed by atoms with Gasteiger partial charge >= 0.3 is 6.18 Å². The molecule has 1 atom stereocenters. The Labute approximate surface area is 233 Å². The quantitative estimate of drug-likeness (QED) is 0.270. The zero-order valence-corrected chi connectivity index (χ0v) is 22.6. The van der Waals surface area contributed by atoms with Crippen LogP contribution in [0.25, 0.3) is 10.8 Å². The number of carbonyl (C=O) groups is 1. The van der Waals surface area contributed by atoms with Crippen LogP contribution in [-0.2, 0) is 22.3 Å². The van der Waals surface area contributed by atoms with Gasteiger partial charge in [-0.2, -0.15) is 18.3 Å². The van der Waals surface area contributed by atoms with Crippen molar-refractivity contribution in [3.05, 3.63) is 94.8 Å². The van der Waals surface area contributed by atoms with Gasteiger partial charge in [0.05, 0.1) is 23.4 Å². The molecule has 2 N–H and O–H groups in total. The number of benzene rings is 2. The first-order chi connectivity index (χ1) is 19.5. The SMILES string of the molecule is COCCN(C)Cc1cc2n(n1)C(c1ccc(C(F)(F)F)c(F)c1)C(C(=O)Nc1ccc3cnccc3c1)=C(C)N2. The molecule has 0 spiro atoms. The molecular weight excluding hydrogens is 540 g/mol.